The van der Waals surface area contributed by atoms with Crippen molar-refractivity contribution in [2.45, 2.75) is 25.8 Å². The minimum absolute atomic E-state index is 0.425. The molecule has 0 aliphatic carbocycles. The normalized spacial score (nSPS) is 10.6. The molecule has 0 spiro atoms. The van der Waals surface area contributed by atoms with Crippen molar-refractivity contribution < 1.29 is 19.5 Å². The van der Waals surface area contributed by atoms with E-state index in [9.17, 15) is 9.59 Å². The Labute approximate surface area is 93.1 Å². The van der Waals surface area contributed by atoms with Crippen LogP contribution >= 0.6 is 0 Å². The fourth-order valence-corrected chi connectivity index (χ4v) is 0.779. The van der Waals surface area contributed by atoms with Crippen LogP contribution in [0.5, 0.6) is 0 Å². The molecule has 8 nitrogen and oxygen atoms in total. The molecule has 0 bridgehead atoms. The summed E-state index contributed by atoms with van der Waals surface area (Å²) in [5.41, 5.74) is 15.0. The second kappa shape index (κ2) is 9.71. The number of primary amides is 2. The summed E-state index contributed by atoms with van der Waals surface area (Å²) in [4.78, 5) is 30.0. The Bertz CT molecular complexity index is 240. The van der Waals surface area contributed by atoms with Crippen molar-refractivity contribution in [2.75, 3.05) is 6.54 Å². The fraction of sp³-hybridized carbons (Fsp3) is 0.625. The molecule has 8 heteroatoms. The molecule has 0 aromatic rings. The Balaban J connectivity index is 0. The molecular formula is C8H18N4O4. The highest BCUT2D eigenvalue weighted by atomic mass is 16.4. The van der Waals surface area contributed by atoms with E-state index in [1.165, 1.54) is 0 Å². The summed E-state index contributed by atoms with van der Waals surface area (Å²) in [5, 5.41) is 9.64. The van der Waals surface area contributed by atoms with Gasteiger partial charge in [-0.1, -0.05) is 0 Å². The first-order valence-electron chi connectivity index (χ1n) is 4.56. The third kappa shape index (κ3) is 14.7. The number of aliphatic carboxylic acids is 1. The van der Waals surface area contributed by atoms with Gasteiger partial charge < -0.3 is 27.6 Å². The maximum absolute atomic E-state index is 10.7. The fourth-order valence-electron chi connectivity index (χ4n) is 0.779. The van der Waals surface area contributed by atoms with E-state index >= 15 is 0 Å². The number of rotatable bonds is 5. The van der Waals surface area contributed by atoms with Crippen LogP contribution < -0.4 is 22.5 Å². The van der Waals surface area contributed by atoms with Gasteiger partial charge >= 0.3 is 6.03 Å². The van der Waals surface area contributed by atoms with Gasteiger partial charge in [0.15, 0.2) is 0 Å². The van der Waals surface area contributed by atoms with Gasteiger partial charge in [0.1, 0.15) is 6.04 Å². The highest BCUT2D eigenvalue weighted by Crippen LogP contribution is 1.94. The lowest BCUT2D eigenvalue weighted by Gasteiger charge is -2.12. The number of nitrogens with one attached hydrogen (secondary N) is 1. The average molecular weight is 234 g/mol. The molecule has 16 heavy (non-hydrogen) atoms. The van der Waals surface area contributed by atoms with E-state index in [1.54, 1.807) is 0 Å². The number of amides is 3. The second-order valence-corrected chi connectivity index (χ2v) is 2.91. The summed E-state index contributed by atoms with van der Waals surface area (Å²) in [5.74, 6) is -1.43. The summed E-state index contributed by atoms with van der Waals surface area (Å²) in [6, 6.07) is -1.46. The highest BCUT2D eigenvalue weighted by molar-refractivity contribution is 5.85. The van der Waals surface area contributed by atoms with E-state index in [4.69, 9.17) is 27.1 Å². The number of urea groups is 1. The Morgan fingerprint density at radius 1 is 1.31 bits per heavy atom. The molecule has 0 saturated carbocycles. The van der Waals surface area contributed by atoms with Gasteiger partial charge in [0, 0.05) is 6.92 Å². The maximum atomic E-state index is 10.7. The van der Waals surface area contributed by atoms with Gasteiger partial charge in [-0.25, -0.2) is 4.79 Å². The zero-order chi connectivity index (χ0) is 13.1. The zero-order valence-corrected chi connectivity index (χ0v) is 9.10. The first-order valence-corrected chi connectivity index (χ1v) is 4.56. The number of nitrogens with two attached hydrogens (primary N) is 3. The zero-order valence-electron chi connectivity index (χ0n) is 9.10. The quantitative estimate of drug-likeness (QED) is 0.384. The lowest BCUT2D eigenvalue weighted by molar-refractivity contribution is -0.134. The number of carbonyl (C=O) groups excluding carboxylic acids is 2. The number of hydrogen-bond acceptors (Lipinski definition) is 4. The predicted octanol–water partition coefficient (Wildman–Crippen LogP) is -1.66. The Kier molecular flexibility index (Phi) is 10.1. The first-order chi connectivity index (χ1) is 7.31. The van der Waals surface area contributed by atoms with Crippen LogP contribution in [0.2, 0.25) is 0 Å². The van der Waals surface area contributed by atoms with Gasteiger partial charge in [0.25, 0.3) is 5.97 Å². The lowest BCUT2D eigenvalue weighted by atomic mass is 10.1. The van der Waals surface area contributed by atoms with Crippen molar-refractivity contribution in [1.29, 1.82) is 0 Å². The molecule has 0 heterocycles. The van der Waals surface area contributed by atoms with Crippen LogP contribution in [0.1, 0.15) is 19.8 Å². The highest BCUT2D eigenvalue weighted by Gasteiger charge is 2.15. The molecular weight excluding hydrogens is 216 g/mol. The standard InChI is InChI=1S/C6H14N4O2.C2H4O2/c7-3-1-2-4(5(8)11)10-6(9)12;1-2(3)4/h4H,1-3,7H2,(H2,8,11)(H3,9,10,12);1H3,(H,3,4)/t4-;/m0./s1. The van der Waals surface area contributed by atoms with Crippen molar-refractivity contribution in [3.05, 3.63) is 0 Å². The summed E-state index contributed by atoms with van der Waals surface area (Å²) in [7, 11) is 0. The molecule has 8 N–H and O–H groups in total. The number of hydrogen-bond donors (Lipinski definition) is 5. The van der Waals surface area contributed by atoms with Crippen LogP contribution in [0.3, 0.4) is 0 Å². The molecule has 1 atom stereocenters. The molecule has 0 radical (unpaired) electrons. The third-order valence-corrected chi connectivity index (χ3v) is 1.36. The molecule has 94 valence electrons. The molecule has 0 fully saturated rings. The van der Waals surface area contributed by atoms with E-state index in [2.05, 4.69) is 5.32 Å². The van der Waals surface area contributed by atoms with Crippen molar-refractivity contribution in [2.24, 2.45) is 17.2 Å². The molecule has 0 unspecified atom stereocenters. The maximum Gasteiger partial charge on any atom is 0.312 e. The Morgan fingerprint density at radius 2 is 1.75 bits per heavy atom. The lowest BCUT2D eigenvalue weighted by Crippen LogP contribution is -2.46. The smallest absolute Gasteiger partial charge is 0.312 e. The largest absolute Gasteiger partial charge is 0.481 e. The van der Waals surface area contributed by atoms with Crippen molar-refractivity contribution in [3.63, 3.8) is 0 Å². The monoisotopic (exact) mass is 234 g/mol. The van der Waals surface area contributed by atoms with Gasteiger partial charge in [-0.3, -0.25) is 9.59 Å². The number of carboxylic acids is 1. The number of carbonyl (C=O) groups is 3. The van der Waals surface area contributed by atoms with Crippen LogP contribution in [0.15, 0.2) is 0 Å². The van der Waals surface area contributed by atoms with Gasteiger partial charge in [0.2, 0.25) is 5.91 Å². The number of carboxylic acid groups (broad SMARTS) is 1. The van der Waals surface area contributed by atoms with Crippen LogP contribution in [0.25, 0.3) is 0 Å². The molecule has 0 saturated heterocycles. The van der Waals surface area contributed by atoms with Crippen molar-refractivity contribution in [1.82, 2.24) is 5.32 Å². The molecule has 0 aliphatic rings. The molecule has 0 aliphatic heterocycles. The predicted molar refractivity (Wildman–Crippen MR) is 57.3 cm³/mol. The minimum Gasteiger partial charge on any atom is -0.481 e. The average Bonchev–Trinajstić information content (AvgIpc) is 2.10. The van der Waals surface area contributed by atoms with Gasteiger partial charge in [0.05, 0.1) is 0 Å². The van der Waals surface area contributed by atoms with E-state index < -0.39 is 23.9 Å². The van der Waals surface area contributed by atoms with Crippen LogP contribution in [0.4, 0.5) is 4.79 Å². The summed E-state index contributed by atoms with van der Waals surface area (Å²) < 4.78 is 0. The van der Waals surface area contributed by atoms with Gasteiger partial charge in [-0.15, -0.1) is 0 Å². The second-order valence-electron chi connectivity index (χ2n) is 2.91. The molecule has 0 aromatic heterocycles. The first kappa shape index (κ1) is 16.6. The van der Waals surface area contributed by atoms with Crippen LogP contribution in [-0.4, -0.2) is 35.6 Å². The molecule has 3 amide bonds. The Morgan fingerprint density at radius 3 is 2.00 bits per heavy atom. The Hall–Kier alpha value is -1.83. The van der Waals surface area contributed by atoms with Gasteiger partial charge in [-0.05, 0) is 19.4 Å². The van der Waals surface area contributed by atoms with Crippen LogP contribution in [-0.2, 0) is 9.59 Å². The van der Waals surface area contributed by atoms with E-state index in [1.807, 2.05) is 0 Å². The molecule has 0 rings (SSSR count). The summed E-state index contributed by atoms with van der Waals surface area (Å²) in [6.07, 6.45) is 1.04. The van der Waals surface area contributed by atoms with Crippen LogP contribution in [0, 0.1) is 0 Å². The molecule has 0 aromatic carbocycles. The van der Waals surface area contributed by atoms with Crippen molar-refractivity contribution in [3.8, 4) is 0 Å². The topological polar surface area (TPSA) is 162 Å². The SMILES string of the molecule is CC(=O)O.NCCC[C@H](NC(N)=O)C(N)=O. The van der Waals surface area contributed by atoms with E-state index in [0.29, 0.717) is 19.4 Å². The van der Waals surface area contributed by atoms with Gasteiger partial charge in [-0.2, -0.15) is 0 Å². The van der Waals surface area contributed by atoms with Crippen molar-refractivity contribution >= 4 is 17.9 Å². The minimum atomic E-state index is -0.833. The van der Waals surface area contributed by atoms with E-state index in [0.717, 1.165) is 6.92 Å². The van der Waals surface area contributed by atoms with E-state index in [-0.39, 0.29) is 0 Å². The summed E-state index contributed by atoms with van der Waals surface area (Å²) in [6.45, 7) is 1.53. The summed E-state index contributed by atoms with van der Waals surface area (Å²) >= 11 is 0. The third-order valence-electron chi connectivity index (χ3n) is 1.36.